The SMILES string of the molecule is O=C(O)N[C@@H](CCOCc1ccccc1)COCC(=O)c1ccc(F)c(F)c1. The van der Waals surface area contributed by atoms with E-state index in [9.17, 15) is 18.4 Å². The Bertz CT molecular complexity index is 785. The zero-order valence-corrected chi connectivity index (χ0v) is 15.1. The van der Waals surface area contributed by atoms with Gasteiger partial charge in [-0.25, -0.2) is 13.6 Å². The average Bonchev–Trinajstić information content (AvgIpc) is 2.67. The summed E-state index contributed by atoms with van der Waals surface area (Å²) in [6, 6.07) is 11.8. The van der Waals surface area contributed by atoms with Crippen molar-refractivity contribution in [2.45, 2.75) is 19.1 Å². The molecule has 0 heterocycles. The van der Waals surface area contributed by atoms with E-state index in [2.05, 4.69) is 5.32 Å². The van der Waals surface area contributed by atoms with Crippen LogP contribution < -0.4 is 5.32 Å². The quantitative estimate of drug-likeness (QED) is 0.451. The zero-order chi connectivity index (χ0) is 20.4. The normalized spacial score (nSPS) is 11.8. The molecule has 0 fully saturated rings. The van der Waals surface area contributed by atoms with Crippen LogP contribution in [-0.2, 0) is 16.1 Å². The minimum Gasteiger partial charge on any atom is -0.465 e. The summed E-state index contributed by atoms with van der Waals surface area (Å²) in [5, 5.41) is 11.2. The number of amides is 1. The van der Waals surface area contributed by atoms with Gasteiger partial charge in [0.2, 0.25) is 0 Å². The monoisotopic (exact) mass is 393 g/mol. The first-order valence-electron chi connectivity index (χ1n) is 8.63. The minimum atomic E-state index is -1.22. The molecule has 2 N–H and O–H groups in total. The van der Waals surface area contributed by atoms with Gasteiger partial charge >= 0.3 is 6.09 Å². The molecule has 8 heteroatoms. The molecule has 0 spiro atoms. The molecule has 0 aliphatic heterocycles. The second-order valence-corrected chi connectivity index (χ2v) is 6.04. The average molecular weight is 393 g/mol. The van der Waals surface area contributed by atoms with Crippen molar-refractivity contribution in [2.24, 2.45) is 0 Å². The number of ketones is 1. The third-order valence-electron chi connectivity index (χ3n) is 3.84. The second-order valence-electron chi connectivity index (χ2n) is 6.04. The Labute approximate surface area is 161 Å². The summed E-state index contributed by atoms with van der Waals surface area (Å²) in [7, 11) is 0. The van der Waals surface area contributed by atoms with E-state index < -0.39 is 29.6 Å². The minimum absolute atomic E-state index is 0.0205. The van der Waals surface area contributed by atoms with E-state index in [1.54, 1.807) is 0 Å². The second kappa shape index (κ2) is 11.1. The van der Waals surface area contributed by atoms with Crippen LogP contribution in [0.25, 0.3) is 0 Å². The van der Waals surface area contributed by atoms with E-state index in [-0.39, 0.29) is 18.8 Å². The zero-order valence-electron chi connectivity index (χ0n) is 15.1. The first kappa shape index (κ1) is 21.5. The standard InChI is InChI=1S/C20H21F2NO5/c21-17-7-6-15(10-18(17)22)19(24)13-28-12-16(23-20(25)26)8-9-27-11-14-4-2-1-3-5-14/h1-7,10,16,23H,8-9,11-13H2,(H,25,26)/t16-/m0/s1. The smallest absolute Gasteiger partial charge is 0.404 e. The number of carboxylic acid groups (broad SMARTS) is 1. The lowest BCUT2D eigenvalue weighted by Gasteiger charge is -2.17. The van der Waals surface area contributed by atoms with Crippen LogP contribution >= 0.6 is 0 Å². The number of Topliss-reactive ketones (excluding diaryl/α,β-unsaturated/α-hetero) is 1. The van der Waals surface area contributed by atoms with E-state index in [1.165, 1.54) is 0 Å². The lowest BCUT2D eigenvalue weighted by molar-refractivity contribution is 0.0631. The summed E-state index contributed by atoms with van der Waals surface area (Å²) in [4.78, 5) is 22.9. The molecule has 0 saturated carbocycles. The molecule has 1 atom stereocenters. The van der Waals surface area contributed by atoms with Crippen LogP contribution in [0.15, 0.2) is 48.5 Å². The Kier molecular flexibility index (Phi) is 8.51. The lowest BCUT2D eigenvalue weighted by atomic mass is 10.1. The third kappa shape index (κ3) is 7.42. The van der Waals surface area contributed by atoms with Gasteiger partial charge in [0.25, 0.3) is 0 Å². The predicted octanol–water partition coefficient (Wildman–Crippen LogP) is 3.41. The van der Waals surface area contributed by atoms with Gasteiger partial charge in [0.05, 0.1) is 19.3 Å². The van der Waals surface area contributed by atoms with Crippen molar-refractivity contribution in [1.82, 2.24) is 5.32 Å². The Hall–Kier alpha value is -2.84. The number of carbonyl (C=O) groups is 2. The Morgan fingerprint density at radius 2 is 1.79 bits per heavy atom. The molecule has 0 radical (unpaired) electrons. The van der Waals surface area contributed by atoms with Crippen LogP contribution in [0.5, 0.6) is 0 Å². The molecule has 0 aliphatic rings. The molecular formula is C20H21F2NO5. The fraction of sp³-hybridized carbons (Fsp3) is 0.300. The molecule has 28 heavy (non-hydrogen) atoms. The summed E-state index contributed by atoms with van der Waals surface area (Å²) in [6.45, 7) is 0.251. The van der Waals surface area contributed by atoms with Crippen molar-refractivity contribution < 1.29 is 33.0 Å². The molecule has 0 aromatic heterocycles. The lowest BCUT2D eigenvalue weighted by Crippen LogP contribution is -2.38. The summed E-state index contributed by atoms with van der Waals surface area (Å²) >= 11 is 0. The maximum absolute atomic E-state index is 13.2. The third-order valence-corrected chi connectivity index (χ3v) is 3.84. The first-order valence-corrected chi connectivity index (χ1v) is 8.63. The fourth-order valence-electron chi connectivity index (χ4n) is 2.41. The van der Waals surface area contributed by atoms with Crippen LogP contribution in [0.1, 0.15) is 22.3 Å². The topological polar surface area (TPSA) is 84.9 Å². The molecule has 0 bridgehead atoms. The van der Waals surface area contributed by atoms with Crippen molar-refractivity contribution in [1.29, 1.82) is 0 Å². The number of carbonyl (C=O) groups excluding carboxylic acids is 1. The number of halogens is 2. The van der Waals surface area contributed by atoms with Crippen LogP contribution in [-0.4, -0.2) is 42.8 Å². The first-order chi connectivity index (χ1) is 13.5. The molecule has 2 rings (SSSR count). The molecule has 2 aromatic carbocycles. The Morgan fingerprint density at radius 3 is 2.46 bits per heavy atom. The fourth-order valence-corrected chi connectivity index (χ4v) is 2.41. The van der Waals surface area contributed by atoms with Crippen molar-refractivity contribution in [3.05, 3.63) is 71.3 Å². The van der Waals surface area contributed by atoms with Crippen LogP contribution in [0.2, 0.25) is 0 Å². The number of hydrogen-bond acceptors (Lipinski definition) is 4. The summed E-state index contributed by atoms with van der Waals surface area (Å²) < 4.78 is 36.8. The molecule has 150 valence electrons. The maximum atomic E-state index is 13.2. The highest BCUT2D eigenvalue weighted by atomic mass is 19.2. The van der Waals surface area contributed by atoms with E-state index >= 15 is 0 Å². The molecule has 1 amide bonds. The largest absolute Gasteiger partial charge is 0.465 e. The van der Waals surface area contributed by atoms with Gasteiger partial charge in [-0.05, 0) is 30.2 Å². The van der Waals surface area contributed by atoms with Gasteiger partial charge in [0, 0.05) is 12.2 Å². The Morgan fingerprint density at radius 1 is 1.04 bits per heavy atom. The van der Waals surface area contributed by atoms with Gasteiger partial charge in [-0.1, -0.05) is 30.3 Å². The number of benzene rings is 2. The molecule has 0 saturated heterocycles. The van der Waals surface area contributed by atoms with Gasteiger partial charge in [-0.3, -0.25) is 4.79 Å². The van der Waals surface area contributed by atoms with E-state index in [4.69, 9.17) is 14.6 Å². The highest BCUT2D eigenvalue weighted by Gasteiger charge is 2.14. The molecule has 0 aliphatic carbocycles. The summed E-state index contributed by atoms with van der Waals surface area (Å²) in [5.41, 5.74) is 0.978. The van der Waals surface area contributed by atoms with Crippen LogP contribution in [0.3, 0.4) is 0 Å². The van der Waals surface area contributed by atoms with Gasteiger partial charge in [-0.15, -0.1) is 0 Å². The number of hydrogen-bond donors (Lipinski definition) is 2. The van der Waals surface area contributed by atoms with Crippen molar-refractivity contribution in [3.8, 4) is 0 Å². The van der Waals surface area contributed by atoms with E-state index in [0.29, 0.717) is 19.6 Å². The van der Waals surface area contributed by atoms with Gasteiger partial charge in [0.1, 0.15) is 6.61 Å². The van der Waals surface area contributed by atoms with Gasteiger partial charge < -0.3 is 19.9 Å². The van der Waals surface area contributed by atoms with Crippen molar-refractivity contribution in [3.63, 3.8) is 0 Å². The summed E-state index contributed by atoms with van der Waals surface area (Å²) in [6.07, 6.45) is -0.873. The van der Waals surface area contributed by atoms with E-state index in [0.717, 1.165) is 23.8 Å². The number of nitrogens with one attached hydrogen (secondary N) is 1. The van der Waals surface area contributed by atoms with Gasteiger partial charge in [-0.2, -0.15) is 0 Å². The molecule has 2 aromatic rings. The maximum Gasteiger partial charge on any atom is 0.404 e. The van der Waals surface area contributed by atoms with Crippen molar-refractivity contribution in [2.75, 3.05) is 19.8 Å². The van der Waals surface area contributed by atoms with Crippen LogP contribution in [0, 0.1) is 11.6 Å². The highest BCUT2D eigenvalue weighted by Crippen LogP contribution is 2.10. The van der Waals surface area contributed by atoms with Crippen LogP contribution in [0.4, 0.5) is 13.6 Å². The number of rotatable bonds is 11. The van der Waals surface area contributed by atoms with E-state index in [1.807, 2.05) is 30.3 Å². The molecular weight excluding hydrogens is 372 g/mol. The number of ether oxygens (including phenoxy) is 2. The summed E-state index contributed by atoms with van der Waals surface area (Å²) in [5.74, 6) is -2.70. The van der Waals surface area contributed by atoms with Gasteiger partial charge in [0.15, 0.2) is 17.4 Å². The molecule has 0 unspecified atom stereocenters. The van der Waals surface area contributed by atoms with Crippen molar-refractivity contribution >= 4 is 11.9 Å². The highest BCUT2D eigenvalue weighted by molar-refractivity contribution is 5.97. The molecule has 6 nitrogen and oxygen atoms in total. The Balaban J connectivity index is 1.75. The predicted molar refractivity (Wildman–Crippen MR) is 97.2 cm³/mol.